The summed E-state index contributed by atoms with van der Waals surface area (Å²) in [6.07, 6.45) is 3.82. The molecule has 1 aromatic carbocycles. The quantitative estimate of drug-likeness (QED) is 0.539. The first-order chi connectivity index (χ1) is 14.5. The Hall–Kier alpha value is -3.26. The maximum absolute atomic E-state index is 12.4. The van der Waals surface area contributed by atoms with Crippen molar-refractivity contribution in [1.29, 1.82) is 0 Å². The summed E-state index contributed by atoms with van der Waals surface area (Å²) in [4.78, 5) is 37.8. The Morgan fingerprint density at radius 3 is 2.90 bits per heavy atom. The van der Waals surface area contributed by atoms with Crippen LogP contribution in [0.25, 0.3) is 10.9 Å². The minimum absolute atomic E-state index is 0.0786. The van der Waals surface area contributed by atoms with Crippen molar-refractivity contribution < 1.29 is 18.8 Å². The Bertz CT molecular complexity index is 1080. The van der Waals surface area contributed by atoms with Gasteiger partial charge in [0.25, 0.3) is 5.91 Å². The number of hydrogen-bond acceptors (Lipinski definition) is 4. The molecule has 156 valence electrons. The molecule has 0 saturated carbocycles. The fourth-order valence-electron chi connectivity index (χ4n) is 3.51. The van der Waals surface area contributed by atoms with Crippen LogP contribution in [0.3, 0.4) is 0 Å². The lowest BCUT2D eigenvalue weighted by atomic mass is 10.1. The Morgan fingerprint density at radius 2 is 2.10 bits per heavy atom. The van der Waals surface area contributed by atoms with Crippen molar-refractivity contribution in [3.63, 3.8) is 0 Å². The first-order valence-corrected chi connectivity index (χ1v) is 10.0. The van der Waals surface area contributed by atoms with E-state index in [-0.39, 0.29) is 31.2 Å². The number of rotatable bonds is 8. The van der Waals surface area contributed by atoms with Gasteiger partial charge in [0.1, 0.15) is 11.8 Å². The molecule has 0 aliphatic carbocycles. The van der Waals surface area contributed by atoms with Crippen LogP contribution in [0.15, 0.2) is 53.3 Å². The molecule has 3 heterocycles. The molecule has 0 spiro atoms. The second-order valence-corrected chi connectivity index (χ2v) is 7.54. The van der Waals surface area contributed by atoms with Gasteiger partial charge in [-0.05, 0) is 42.1 Å². The molecular weight excluding hydrogens is 408 g/mol. The van der Waals surface area contributed by atoms with Gasteiger partial charge < -0.3 is 19.6 Å². The Morgan fingerprint density at radius 1 is 1.23 bits per heavy atom. The van der Waals surface area contributed by atoms with Crippen LogP contribution < -0.4 is 10.6 Å². The van der Waals surface area contributed by atoms with Crippen molar-refractivity contribution in [2.75, 3.05) is 6.54 Å². The second kappa shape index (κ2) is 8.62. The molecule has 8 nitrogen and oxygen atoms in total. The number of carbonyl (C=O) groups is 3. The van der Waals surface area contributed by atoms with E-state index in [4.69, 9.17) is 16.0 Å². The predicted molar refractivity (Wildman–Crippen MR) is 111 cm³/mol. The molecule has 9 heteroatoms. The van der Waals surface area contributed by atoms with Crippen LogP contribution >= 0.6 is 11.6 Å². The molecule has 1 fully saturated rings. The smallest absolute Gasteiger partial charge is 0.325 e. The van der Waals surface area contributed by atoms with Crippen LogP contribution in [0.2, 0.25) is 5.02 Å². The highest BCUT2D eigenvalue weighted by molar-refractivity contribution is 6.31. The molecule has 2 N–H and O–H groups in total. The zero-order chi connectivity index (χ0) is 21.1. The van der Waals surface area contributed by atoms with Gasteiger partial charge in [-0.1, -0.05) is 17.7 Å². The topological polar surface area (TPSA) is 96.6 Å². The lowest BCUT2D eigenvalue weighted by molar-refractivity contribution is -0.128. The van der Waals surface area contributed by atoms with E-state index >= 15 is 0 Å². The average Bonchev–Trinajstić information content (AvgIpc) is 3.43. The number of urea groups is 1. The Kier molecular flexibility index (Phi) is 5.76. The van der Waals surface area contributed by atoms with E-state index < -0.39 is 12.1 Å². The fraction of sp³-hybridized carbons (Fsp3) is 0.286. The number of imide groups is 1. The van der Waals surface area contributed by atoms with Crippen molar-refractivity contribution in [2.24, 2.45) is 0 Å². The first-order valence-electron chi connectivity index (χ1n) is 9.66. The third-order valence-corrected chi connectivity index (χ3v) is 5.31. The Balaban J connectivity index is 1.23. The number of halogens is 1. The van der Waals surface area contributed by atoms with Gasteiger partial charge in [0.2, 0.25) is 5.91 Å². The summed E-state index contributed by atoms with van der Waals surface area (Å²) in [6.45, 7) is 1.13. The average molecular weight is 429 g/mol. The van der Waals surface area contributed by atoms with E-state index in [0.29, 0.717) is 23.9 Å². The van der Waals surface area contributed by atoms with Crippen molar-refractivity contribution >= 4 is 40.3 Å². The number of furan rings is 1. The molecule has 1 aliphatic rings. The minimum Gasteiger partial charge on any atom is -0.467 e. The standard InChI is InChI=1S/C21H21ClN4O4/c22-15-4-3-14-7-9-25(18(14)12-15)10-8-23-19(27)6-5-17-20(28)26(21(29)24-17)13-16-2-1-11-30-16/h1-4,7,9,11-12,17H,5-6,8,10,13H2,(H,23,27)(H,24,29)/t17-/m0/s1. The minimum atomic E-state index is -0.700. The molecule has 4 amide bonds. The molecule has 4 rings (SSSR count). The molecule has 30 heavy (non-hydrogen) atoms. The molecule has 1 aliphatic heterocycles. The number of fused-ring (bicyclic) bond motifs is 1. The third-order valence-electron chi connectivity index (χ3n) is 5.07. The summed E-state index contributed by atoms with van der Waals surface area (Å²) in [5.41, 5.74) is 1.01. The Labute approximate surface area is 177 Å². The summed E-state index contributed by atoms with van der Waals surface area (Å²) in [6, 6.07) is 9.90. The summed E-state index contributed by atoms with van der Waals surface area (Å²) in [5.74, 6) is 0.00614. The molecule has 0 radical (unpaired) electrons. The number of aromatic nitrogens is 1. The van der Waals surface area contributed by atoms with Gasteiger partial charge >= 0.3 is 6.03 Å². The number of nitrogens with one attached hydrogen (secondary N) is 2. The monoisotopic (exact) mass is 428 g/mol. The SMILES string of the molecule is O=C(CC[C@@H]1NC(=O)N(Cc2ccco2)C1=O)NCCn1ccc2ccc(Cl)cc21. The molecule has 2 aromatic heterocycles. The van der Waals surface area contributed by atoms with Crippen molar-refractivity contribution in [1.82, 2.24) is 20.1 Å². The van der Waals surface area contributed by atoms with Gasteiger partial charge in [0.05, 0.1) is 12.8 Å². The molecule has 1 saturated heterocycles. The van der Waals surface area contributed by atoms with Crippen LogP contribution in [0.4, 0.5) is 4.79 Å². The summed E-state index contributed by atoms with van der Waals surface area (Å²) in [7, 11) is 0. The summed E-state index contributed by atoms with van der Waals surface area (Å²) >= 11 is 6.06. The molecule has 3 aromatic rings. The maximum atomic E-state index is 12.4. The van der Waals surface area contributed by atoms with Crippen LogP contribution in [-0.4, -0.2) is 39.9 Å². The van der Waals surface area contributed by atoms with Crippen molar-refractivity contribution in [2.45, 2.75) is 32.0 Å². The first kappa shape index (κ1) is 20.0. The van der Waals surface area contributed by atoms with Gasteiger partial charge in [-0.3, -0.25) is 14.5 Å². The lowest BCUT2D eigenvalue weighted by Crippen LogP contribution is -2.33. The number of benzene rings is 1. The summed E-state index contributed by atoms with van der Waals surface area (Å²) < 4.78 is 7.21. The van der Waals surface area contributed by atoms with Gasteiger partial charge in [0, 0.05) is 36.2 Å². The molecular formula is C21H21ClN4O4. The molecule has 0 unspecified atom stereocenters. The molecule has 0 bridgehead atoms. The van der Waals surface area contributed by atoms with E-state index in [1.165, 1.54) is 6.26 Å². The van der Waals surface area contributed by atoms with E-state index in [1.54, 1.807) is 12.1 Å². The largest absolute Gasteiger partial charge is 0.467 e. The van der Waals surface area contributed by atoms with Crippen LogP contribution in [0, 0.1) is 0 Å². The van der Waals surface area contributed by atoms with Crippen molar-refractivity contribution in [3.8, 4) is 0 Å². The van der Waals surface area contributed by atoms with Gasteiger partial charge in [-0.15, -0.1) is 0 Å². The van der Waals surface area contributed by atoms with E-state index in [1.807, 2.05) is 35.0 Å². The van der Waals surface area contributed by atoms with Gasteiger partial charge in [-0.25, -0.2) is 4.79 Å². The highest BCUT2D eigenvalue weighted by atomic mass is 35.5. The van der Waals surface area contributed by atoms with E-state index in [2.05, 4.69) is 10.6 Å². The lowest BCUT2D eigenvalue weighted by Gasteiger charge is -2.11. The number of hydrogen-bond donors (Lipinski definition) is 2. The third kappa shape index (κ3) is 4.33. The van der Waals surface area contributed by atoms with Crippen LogP contribution in [0.5, 0.6) is 0 Å². The van der Waals surface area contributed by atoms with Gasteiger partial charge in [0.15, 0.2) is 0 Å². The fourth-order valence-corrected chi connectivity index (χ4v) is 3.68. The number of nitrogens with zero attached hydrogens (tertiary/aromatic N) is 2. The van der Waals surface area contributed by atoms with E-state index in [9.17, 15) is 14.4 Å². The number of amides is 4. The van der Waals surface area contributed by atoms with Crippen LogP contribution in [0.1, 0.15) is 18.6 Å². The highest BCUT2D eigenvalue weighted by Crippen LogP contribution is 2.20. The van der Waals surface area contributed by atoms with Crippen molar-refractivity contribution in [3.05, 3.63) is 59.6 Å². The molecule has 1 atom stereocenters. The predicted octanol–water partition coefficient (Wildman–Crippen LogP) is 2.90. The van der Waals surface area contributed by atoms with Crippen LogP contribution in [-0.2, 0) is 22.7 Å². The maximum Gasteiger partial charge on any atom is 0.325 e. The van der Waals surface area contributed by atoms with E-state index in [0.717, 1.165) is 15.8 Å². The normalized spacial score (nSPS) is 16.3. The zero-order valence-electron chi connectivity index (χ0n) is 16.1. The highest BCUT2D eigenvalue weighted by Gasteiger charge is 2.38. The van der Waals surface area contributed by atoms with Gasteiger partial charge in [-0.2, -0.15) is 0 Å². The second-order valence-electron chi connectivity index (χ2n) is 7.11. The zero-order valence-corrected chi connectivity index (χ0v) is 16.9. The number of carbonyl (C=O) groups excluding carboxylic acids is 3. The summed E-state index contributed by atoms with van der Waals surface area (Å²) in [5, 5.41) is 7.22.